The van der Waals surface area contributed by atoms with E-state index in [1.807, 2.05) is 45.8 Å². The van der Waals surface area contributed by atoms with Gasteiger partial charge < -0.3 is 0 Å². The second-order valence-corrected chi connectivity index (χ2v) is 7.21. The lowest BCUT2D eigenvalue weighted by molar-refractivity contribution is 0.178. The molecule has 0 amide bonds. The van der Waals surface area contributed by atoms with Gasteiger partial charge in [0.15, 0.2) is 0 Å². The second-order valence-electron chi connectivity index (χ2n) is 7.21. The van der Waals surface area contributed by atoms with E-state index in [1.54, 1.807) is 0 Å². The largest absolute Gasteiger partial charge is 0.285 e. The summed E-state index contributed by atoms with van der Waals surface area (Å²) < 4.78 is 3.97. The summed E-state index contributed by atoms with van der Waals surface area (Å²) >= 11 is 0. The Bertz CT molecular complexity index is 969. The second kappa shape index (κ2) is 9.11. The van der Waals surface area contributed by atoms with Crippen LogP contribution in [-0.2, 0) is 13.3 Å². The molecule has 0 spiro atoms. The van der Waals surface area contributed by atoms with Crippen molar-refractivity contribution in [3.05, 3.63) is 48.5 Å². The van der Waals surface area contributed by atoms with E-state index in [0.717, 1.165) is 68.0 Å². The monoisotopic (exact) mass is 392 g/mol. The molecule has 8 nitrogen and oxygen atoms in total. The van der Waals surface area contributed by atoms with Gasteiger partial charge in [-0.3, -0.25) is 9.80 Å². The average molecular weight is 393 g/mol. The first-order valence-electron chi connectivity index (χ1n) is 10.3. The van der Waals surface area contributed by atoms with Crippen LogP contribution in [0.15, 0.2) is 48.5 Å². The van der Waals surface area contributed by atoms with E-state index in [0.29, 0.717) is 0 Å². The van der Waals surface area contributed by atoms with Gasteiger partial charge in [0.2, 0.25) is 0 Å². The maximum Gasteiger partial charge on any atom is 0.113 e. The van der Waals surface area contributed by atoms with Gasteiger partial charge in [0, 0.05) is 13.1 Å². The molecule has 2 aromatic carbocycles. The van der Waals surface area contributed by atoms with Crippen molar-refractivity contribution in [1.82, 2.24) is 39.8 Å². The molecule has 0 aliphatic carbocycles. The van der Waals surface area contributed by atoms with Gasteiger partial charge in [0.1, 0.15) is 11.0 Å². The molecule has 0 bridgehead atoms. The van der Waals surface area contributed by atoms with Crippen molar-refractivity contribution in [2.24, 2.45) is 0 Å². The van der Waals surface area contributed by atoms with Crippen molar-refractivity contribution in [1.29, 1.82) is 0 Å². The van der Waals surface area contributed by atoms with Crippen LogP contribution in [0.5, 0.6) is 0 Å². The van der Waals surface area contributed by atoms with Gasteiger partial charge in [-0.25, -0.2) is 9.36 Å². The van der Waals surface area contributed by atoms with Crippen LogP contribution in [0.1, 0.15) is 20.3 Å². The number of fused-ring (bicyclic) bond motifs is 2. The molecule has 2 aromatic heterocycles. The number of aromatic nitrogens is 6. The zero-order valence-corrected chi connectivity index (χ0v) is 17.1. The maximum atomic E-state index is 4.32. The number of hydrogen-bond acceptors (Lipinski definition) is 6. The lowest BCUT2D eigenvalue weighted by Gasteiger charge is -2.24. The number of para-hydroxylation sites is 2. The van der Waals surface area contributed by atoms with Crippen LogP contribution in [0.25, 0.3) is 22.1 Å². The van der Waals surface area contributed by atoms with Gasteiger partial charge in [-0.1, -0.05) is 48.5 Å². The molecular weight excluding hydrogens is 364 g/mol. The van der Waals surface area contributed by atoms with Gasteiger partial charge in [-0.2, -0.15) is 0 Å². The Balaban J connectivity index is 1.32. The third-order valence-corrected chi connectivity index (χ3v) is 5.35. The van der Waals surface area contributed by atoms with Crippen LogP contribution in [0.2, 0.25) is 0 Å². The molecule has 0 saturated heterocycles. The molecule has 29 heavy (non-hydrogen) atoms. The summed E-state index contributed by atoms with van der Waals surface area (Å²) in [5, 5.41) is 17.1. The molecule has 4 rings (SSSR count). The first kappa shape index (κ1) is 19.5. The molecule has 0 aliphatic rings. The Kier molecular flexibility index (Phi) is 6.12. The topological polar surface area (TPSA) is 67.9 Å². The van der Waals surface area contributed by atoms with Crippen molar-refractivity contribution in [3.8, 4) is 0 Å². The first-order chi connectivity index (χ1) is 14.3. The smallest absolute Gasteiger partial charge is 0.113 e. The van der Waals surface area contributed by atoms with E-state index < -0.39 is 0 Å². The van der Waals surface area contributed by atoms with Crippen LogP contribution < -0.4 is 0 Å². The van der Waals surface area contributed by atoms with Gasteiger partial charge in [-0.15, -0.1) is 10.2 Å². The molecule has 0 unspecified atom stereocenters. The molecule has 152 valence electrons. The highest BCUT2D eigenvalue weighted by atomic mass is 15.5. The molecular formula is C21H28N8. The molecule has 0 radical (unpaired) electrons. The maximum absolute atomic E-state index is 4.32. The Hall–Kier alpha value is -2.84. The van der Waals surface area contributed by atoms with Crippen LogP contribution in [0.3, 0.4) is 0 Å². The predicted octanol–water partition coefficient (Wildman–Crippen LogP) is 2.83. The zero-order chi connectivity index (χ0) is 20.1. The van der Waals surface area contributed by atoms with Crippen LogP contribution in [0, 0.1) is 0 Å². The van der Waals surface area contributed by atoms with Crippen LogP contribution in [0.4, 0.5) is 0 Å². The normalized spacial score (nSPS) is 12.0. The number of nitrogens with zero attached hydrogens (tertiary/aromatic N) is 8. The molecule has 0 fully saturated rings. The van der Waals surface area contributed by atoms with E-state index in [2.05, 4.69) is 56.4 Å². The highest BCUT2D eigenvalue weighted by Crippen LogP contribution is 2.12. The van der Waals surface area contributed by atoms with Crippen molar-refractivity contribution in [2.45, 2.75) is 33.6 Å². The zero-order valence-electron chi connectivity index (χ0n) is 17.1. The van der Waals surface area contributed by atoms with Crippen molar-refractivity contribution >= 4 is 22.1 Å². The van der Waals surface area contributed by atoms with Crippen molar-refractivity contribution in [3.63, 3.8) is 0 Å². The minimum absolute atomic E-state index is 0.761. The minimum atomic E-state index is 0.761. The molecule has 0 atom stereocenters. The van der Waals surface area contributed by atoms with Crippen LogP contribution >= 0.6 is 0 Å². The highest BCUT2D eigenvalue weighted by Gasteiger charge is 2.11. The Morgan fingerprint density at radius 1 is 0.690 bits per heavy atom. The summed E-state index contributed by atoms with van der Waals surface area (Å²) in [5.74, 6) is 0. The summed E-state index contributed by atoms with van der Waals surface area (Å²) in [5.41, 5.74) is 4.06. The van der Waals surface area contributed by atoms with Gasteiger partial charge in [-0.05, 0) is 43.8 Å². The fourth-order valence-corrected chi connectivity index (χ4v) is 3.60. The summed E-state index contributed by atoms with van der Waals surface area (Å²) in [4.78, 5) is 4.81. The SMILES string of the molecule is CCN(CCCN(CC)Cn1nnc2ccccc21)Cn1nnc2ccccc21. The van der Waals surface area contributed by atoms with Gasteiger partial charge in [0.25, 0.3) is 0 Å². The Morgan fingerprint density at radius 2 is 1.14 bits per heavy atom. The molecule has 2 heterocycles. The minimum Gasteiger partial charge on any atom is -0.285 e. The van der Waals surface area contributed by atoms with Crippen LogP contribution in [-0.4, -0.2) is 66.0 Å². The van der Waals surface area contributed by atoms with E-state index in [4.69, 9.17) is 0 Å². The average Bonchev–Trinajstić information content (AvgIpc) is 3.36. The molecule has 0 N–H and O–H groups in total. The van der Waals surface area contributed by atoms with E-state index in [-0.39, 0.29) is 0 Å². The fraction of sp³-hybridized carbons (Fsp3) is 0.429. The first-order valence-corrected chi connectivity index (χ1v) is 10.3. The summed E-state index contributed by atoms with van der Waals surface area (Å²) in [7, 11) is 0. The number of hydrogen-bond donors (Lipinski definition) is 0. The van der Waals surface area contributed by atoms with E-state index in [9.17, 15) is 0 Å². The van der Waals surface area contributed by atoms with E-state index in [1.165, 1.54) is 0 Å². The fourth-order valence-electron chi connectivity index (χ4n) is 3.60. The number of benzene rings is 2. The van der Waals surface area contributed by atoms with Gasteiger partial charge in [0.05, 0.1) is 24.4 Å². The molecule has 4 aromatic rings. The standard InChI is InChI=1S/C21H28N8/c1-3-26(16-28-20-12-7-5-10-18(20)22-24-28)14-9-15-27(4-2)17-29-21-13-8-6-11-19(21)23-25-29/h5-8,10-13H,3-4,9,14-17H2,1-2H3. The van der Waals surface area contributed by atoms with Gasteiger partial charge >= 0.3 is 0 Å². The number of rotatable bonds is 10. The predicted molar refractivity (Wildman–Crippen MR) is 114 cm³/mol. The summed E-state index contributed by atoms with van der Waals surface area (Å²) in [6, 6.07) is 16.2. The van der Waals surface area contributed by atoms with Crippen molar-refractivity contribution in [2.75, 3.05) is 26.2 Å². The Labute approximate surface area is 170 Å². The third kappa shape index (κ3) is 4.44. The molecule has 0 aliphatic heterocycles. The third-order valence-electron chi connectivity index (χ3n) is 5.35. The molecule has 0 saturated carbocycles. The lowest BCUT2D eigenvalue weighted by Crippen LogP contribution is -2.32. The quantitative estimate of drug-likeness (QED) is 0.413. The molecule has 8 heteroatoms. The lowest BCUT2D eigenvalue weighted by atomic mass is 10.3. The van der Waals surface area contributed by atoms with E-state index >= 15 is 0 Å². The van der Waals surface area contributed by atoms with Crippen molar-refractivity contribution < 1.29 is 0 Å². The highest BCUT2D eigenvalue weighted by molar-refractivity contribution is 5.74. The summed E-state index contributed by atoms with van der Waals surface area (Å²) in [6.45, 7) is 9.89. The Morgan fingerprint density at radius 3 is 1.59 bits per heavy atom. The summed E-state index contributed by atoms with van der Waals surface area (Å²) in [6.07, 6.45) is 1.08.